The maximum absolute atomic E-state index is 12.1. The summed E-state index contributed by atoms with van der Waals surface area (Å²) in [4.78, 5) is 24.7. The predicted molar refractivity (Wildman–Crippen MR) is 92.0 cm³/mol. The van der Waals surface area contributed by atoms with Crippen molar-refractivity contribution in [3.63, 3.8) is 0 Å². The Labute approximate surface area is 138 Å². The highest BCUT2D eigenvalue weighted by Gasteiger charge is 2.11. The van der Waals surface area contributed by atoms with Crippen LogP contribution in [0.3, 0.4) is 0 Å². The molecule has 0 aliphatic carbocycles. The molecule has 0 N–H and O–H groups in total. The summed E-state index contributed by atoms with van der Waals surface area (Å²) in [6, 6.07) is 7.65. The van der Waals surface area contributed by atoms with Crippen LogP contribution in [-0.4, -0.2) is 36.8 Å². The number of Topliss-reactive ketones (excluding diaryl/α,β-unsaturated/α-hetero) is 1. The van der Waals surface area contributed by atoms with Gasteiger partial charge >= 0.3 is 0 Å². The fraction of sp³-hybridized carbons (Fsp3) is 0.368. The molecule has 0 unspecified atom stereocenters. The van der Waals surface area contributed by atoms with Crippen LogP contribution in [-0.2, 0) is 9.59 Å². The molecule has 23 heavy (non-hydrogen) atoms. The lowest BCUT2D eigenvalue weighted by Crippen LogP contribution is -2.31. The Bertz CT molecular complexity index is 599. The zero-order valence-corrected chi connectivity index (χ0v) is 13.7. The summed E-state index contributed by atoms with van der Waals surface area (Å²) in [5, 5.41) is 0. The average Bonchev–Trinajstić information content (AvgIpc) is 2.54. The average molecular weight is 313 g/mol. The zero-order valence-electron chi connectivity index (χ0n) is 13.7. The van der Waals surface area contributed by atoms with Crippen LogP contribution >= 0.6 is 0 Å². The number of benzene rings is 1. The molecule has 0 aromatic heterocycles. The SMILES string of the molecule is C#CCN(C/C=C/c1ccccc1OC)C(=O)CCCC(C)=O. The number of ether oxygens (including phenoxy) is 1. The van der Waals surface area contributed by atoms with E-state index in [4.69, 9.17) is 11.2 Å². The second kappa shape index (κ2) is 10.2. The van der Waals surface area contributed by atoms with E-state index in [1.807, 2.05) is 36.4 Å². The number of hydrogen-bond acceptors (Lipinski definition) is 3. The van der Waals surface area contributed by atoms with Gasteiger partial charge in [0.15, 0.2) is 0 Å². The molecule has 0 atom stereocenters. The Morgan fingerprint density at radius 1 is 1.30 bits per heavy atom. The van der Waals surface area contributed by atoms with Crippen LogP contribution in [0.15, 0.2) is 30.3 Å². The Morgan fingerprint density at radius 3 is 2.70 bits per heavy atom. The highest BCUT2D eigenvalue weighted by atomic mass is 16.5. The molecule has 0 spiro atoms. The summed E-state index contributed by atoms with van der Waals surface area (Å²) < 4.78 is 5.28. The van der Waals surface area contributed by atoms with Gasteiger partial charge in [0.2, 0.25) is 5.91 Å². The van der Waals surface area contributed by atoms with Crippen molar-refractivity contribution in [1.29, 1.82) is 0 Å². The molecule has 122 valence electrons. The van der Waals surface area contributed by atoms with Gasteiger partial charge in [-0.15, -0.1) is 6.42 Å². The predicted octanol–water partition coefficient (Wildman–Crippen LogP) is 2.93. The first-order valence-electron chi connectivity index (χ1n) is 7.58. The summed E-state index contributed by atoms with van der Waals surface area (Å²) >= 11 is 0. The van der Waals surface area contributed by atoms with Gasteiger partial charge in [0.25, 0.3) is 0 Å². The first-order valence-corrected chi connectivity index (χ1v) is 7.58. The number of hydrogen-bond donors (Lipinski definition) is 0. The summed E-state index contributed by atoms with van der Waals surface area (Å²) in [5.41, 5.74) is 0.944. The summed E-state index contributed by atoms with van der Waals surface area (Å²) in [6.07, 6.45) is 10.4. The van der Waals surface area contributed by atoms with Crippen LogP contribution in [0.1, 0.15) is 31.7 Å². The number of nitrogens with zero attached hydrogens (tertiary/aromatic N) is 1. The van der Waals surface area contributed by atoms with Gasteiger partial charge in [-0.05, 0) is 19.4 Å². The lowest BCUT2D eigenvalue weighted by molar-refractivity contribution is -0.130. The van der Waals surface area contributed by atoms with Gasteiger partial charge in [-0.3, -0.25) is 4.79 Å². The molecule has 0 fully saturated rings. The summed E-state index contributed by atoms with van der Waals surface area (Å²) in [7, 11) is 1.62. The van der Waals surface area contributed by atoms with Gasteiger partial charge in [0, 0.05) is 24.9 Å². The molecule has 0 aliphatic rings. The monoisotopic (exact) mass is 313 g/mol. The standard InChI is InChI=1S/C19H23NO3/c1-4-14-20(19(22)13-7-9-16(2)21)15-8-11-17-10-5-6-12-18(17)23-3/h1,5-6,8,10-12H,7,9,13-15H2,2-3H3/b11-8+. The summed E-state index contributed by atoms with van der Waals surface area (Å²) in [5.74, 6) is 3.34. The molecule has 0 heterocycles. The second-order valence-electron chi connectivity index (χ2n) is 5.18. The number of terminal acetylenes is 1. The minimum atomic E-state index is -0.0334. The van der Waals surface area contributed by atoms with Crippen molar-refractivity contribution in [2.75, 3.05) is 20.2 Å². The molecule has 0 bridgehead atoms. The van der Waals surface area contributed by atoms with E-state index in [-0.39, 0.29) is 18.2 Å². The number of ketones is 1. The maximum Gasteiger partial charge on any atom is 0.223 e. The van der Waals surface area contributed by atoms with Gasteiger partial charge in [-0.25, -0.2) is 0 Å². The lowest BCUT2D eigenvalue weighted by atomic mass is 10.1. The van der Waals surface area contributed by atoms with Gasteiger partial charge in [-0.1, -0.05) is 36.3 Å². The molecule has 4 nitrogen and oxygen atoms in total. The third kappa shape index (κ3) is 6.84. The molecule has 1 aromatic rings. The molecule has 1 amide bonds. The normalized spacial score (nSPS) is 10.3. The van der Waals surface area contributed by atoms with Crippen LogP contribution in [0, 0.1) is 12.3 Å². The molecule has 1 rings (SSSR count). The van der Waals surface area contributed by atoms with E-state index < -0.39 is 0 Å². The quantitative estimate of drug-likeness (QED) is 0.659. The van der Waals surface area contributed by atoms with E-state index in [1.165, 1.54) is 6.92 Å². The van der Waals surface area contributed by atoms with Crippen molar-refractivity contribution in [3.05, 3.63) is 35.9 Å². The van der Waals surface area contributed by atoms with E-state index in [9.17, 15) is 9.59 Å². The minimum Gasteiger partial charge on any atom is -0.496 e. The maximum atomic E-state index is 12.1. The molecule has 0 radical (unpaired) electrons. The molecular weight excluding hydrogens is 290 g/mol. The number of methoxy groups -OCH3 is 1. The fourth-order valence-electron chi connectivity index (χ4n) is 2.12. The molecular formula is C19H23NO3. The molecule has 0 saturated carbocycles. The van der Waals surface area contributed by atoms with Gasteiger partial charge < -0.3 is 14.4 Å². The van der Waals surface area contributed by atoms with E-state index >= 15 is 0 Å². The molecule has 1 aromatic carbocycles. The van der Waals surface area contributed by atoms with Gasteiger partial charge in [0.05, 0.1) is 13.7 Å². The van der Waals surface area contributed by atoms with Gasteiger partial charge in [0.1, 0.15) is 11.5 Å². The first kappa shape index (κ1) is 18.5. The molecule has 4 heteroatoms. The fourth-order valence-corrected chi connectivity index (χ4v) is 2.12. The third-order valence-electron chi connectivity index (χ3n) is 3.32. The number of amides is 1. The molecule has 0 aliphatic heterocycles. The number of rotatable bonds is 9. The van der Waals surface area contributed by atoms with Crippen molar-refractivity contribution < 1.29 is 14.3 Å². The summed E-state index contributed by atoms with van der Waals surface area (Å²) in [6.45, 7) is 2.22. The highest BCUT2D eigenvalue weighted by molar-refractivity contribution is 5.79. The lowest BCUT2D eigenvalue weighted by Gasteiger charge is -2.18. The van der Waals surface area contributed by atoms with Crippen LogP contribution in [0.4, 0.5) is 0 Å². The van der Waals surface area contributed by atoms with Crippen molar-refractivity contribution in [3.8, 4) is 18.1 Å². The minimum absolute atomic E-state index is 0.0334. The molecule has 0 saturated heterocycles. The van der Waals surface area contributed by atoms with E-state index in [2.05, 4.69) is 5.92 Å². The number of para-hydroxylation sites is 1. The number of carbonyl (C=O) groups excluding carboxylic acids is 2. The van der Waals surface area contributed by atoms with Gasteiger partial charge in [-0.2, -0.15) is 0 Å². The third-order valence-corrected chi connectivity index (χ3v) is 3.32. The van der Waals surface area contributed by atoms with Crippen LogP contribution in [0.5, 0.6) is 5.75 Å². The van der Waals surface area contributed by atoms with Crippen molar-refractivity contribution in [1.82, 2.24) is 4.90 Å². The smallest absolute Gasteiger partial charge is 0.223 e. The first-order chi connectivity index (χ1) is 11.1. The van der Waals surface area contributed by atoms with E-state index in [0.717, 1.165) is 11.3 Å². The highest BCUT2D eigenvalue weighted by Crippen LogP contribution is 2.18. The Kier molecular flexibility index (Phi) is 8.23. The Balaban J connectivity index is 2.61. The van der Waals surface area contributed by atoms with Crippen molar-refractivity contribution in [2.24, 2.45) is 0 Å². The second-order valence-corrected chi connectivity index (χ2v) is 5.18. The Morgan fingerprint density at radius 2 is 2.04 bits per heavy atom. The topological polar surface area (TPSA) is 46.6 Å². The van der Waals surface area contributed by atoms with E-state index in [1.54, 1.807) is 12.0 Å². The Hall–Kier alpha value is -2.54. The van der Waals surface area contributed by atoms with Crippen molar-refractivity contribution >= 4 is 17.8 Å². The zero-order chi connectivity index (χ0) is 17.1. The van der Waals surface area contributed by atoms with Crippen LogP contribution < -0.4 is 4.74 Å². The van der Waals surface area contributed by atoms with E-state index in [0.29, 0.717) is 25.8 Å². The largest absolute Gasteiger partial charge is 0.496 e. The number of carbonyl (C=O) groups is 2. The van der Waals surface area contributed by atoms with Crippen LogP contribution in [0.2, 0.25) is 0 Å². The van der Waals surface area contributed by atoms with Crippen molar-refractivity contribution in [2.45, 2.75) is 26.2 Å². The van der Waals surface area contributed by atoms with Crippen LogP contribution in [0.25, 0.3) is 6.08 Å².